The van der Waals surface area contributed by atoms with E-state index in [2.05, 4.69) is 15.5 Å². The maximum Gasteiger partial charge on any atom is 0.445 e. The third kappa shape index (κ3) is 3.54. The lowest BCUT2D eigenvalue weighted by Gasteiger charge is -2.35. The Bertz CT molecular complexity index is 412. The second kappa shape index (κ2) is 6.02. The van der Waals surface area contributed by atoms with Crippen molar-refractivity contribution in [1.29, 1.82) is 0 Å². The summed E-state index contributed by atoms with van der Waals surface area (Å²) in [5.74, 6) is 0. The fraction of sp³-hybridized carbons (Fsp3) is 0.800. The zero-order valence-electron chi connectivity index (χ0n) is 10.4. The number of hydrogen-bond acceptors (Lipinski definition) is 6. The van der Waals surface area contributed by atoms with Crippen LogP contribution in [-0.2, 0) is 10.9 Å². The molecular formula is C10H15F3N4OS. The number of ether oxygens (including phenoxy) is 1. The van der Waals surface area contributed by atoms with Gasteiger partial charge >= 0.3 is 6.18 Å². The Labute approximate surface area is 112 Å². The minimum Gasteiger partial charge on any atom is -0.377 e. The first kappa shape index (κ1) is 14.5. The molecular weight excluding hydrogens is 281 g/mol. The number of halogens is 3. The Hall–Kier alpha value is -0.930. The first-order chi connectivity index (χ1) is 9.02. The summed E-state index contributed by atoms with van der Waals surface area (Å²) in [5, 5.41) is 9.44. The number of nitrogens with zero attached hydrogens (tertiary/aromatic N) is 3. The molecule has 0 saturated carbocycles. The van der Waals surface area contributed by atoms with Gasteiger partial charge in [-0.3, -0.25) is 0 Å². The molecule has 1 aromatic heterocycles. The lowest BCUT2D eigenvalue weighted by atomic mass is 10.2. The lowest BCUT2D eigenvalue weighted by molar-refractivity contribution is -0.138. The molecule has 19 heavy (non-hydrogen) atoms. The summed E-state index contributed by atoms with van der Waals surface area (Å²) >= 11 is 0.579. The highest BCUT2D eigenvalue weighted by Crippen LogP contribution is 2.35. The van der Waals surface area contributed by atoms with Crippen LogP contribution in [0.3, 0.4) is 0 Å². The van der Waals surface area contributed by atoms with E-state index in [0.29, 0.717) is 42.8 Å². The highest BCUT2D eigenvalue weighted by molar-refractivity contribution is 7.15. The van der Waals surface area contributed by atoms with Crippen LogP contribution in [0.5, 0.6) is 0 Å². The van der Waals surface area contributed by atoms with Crippen molar-refractivity contribution < 1.29 is 17.9 Å². The van der Waals surface area contributed by atoms with E-state index in [1.807, 2.05) is 11.8 Å². The highest BCUT2D eigenvalue weighted by Gasteiger charge is 2.37. The predicted molar refractivity (Wildman–Crippen MR) is 65.4 cm³/mol. The van der Waals surface area contributed by atoms with Crippen LogP contribution in [0, 0.1) is 0 Å². The largest absolute Gasteiger partial charge is 0.445 e. The first-order valence-electron chi connectivity index (χ1n) is 5.98. The van der Waals surface area contributed by atoms with Gasteiger partial charge in [-0.25, -0.2) is 0 Å². The van der Waals surface area contributed by atoms with Gasteiger partial charge in [-0.15, -0.1) is 10.2 Å². The molecule has 1 unspecified atom stereocenters. The van der Waals surface area contributed by atoms with Gasteiger partial charge in [0.1, 0.15) is 0 Å². The van der Waals surface area contributed by atoms with Crippen molar-refractivity contribution >= 4 is 16.5 Å². The van der Waals surface area contributed by atoms with Crippen molar-refractivity contribution in [2.75, 3.05) is 37.7 Å². The molecule has 9 heteroatoms. The zero-order chi connectivity index (χ0) is 13.9. The number of likely N-dealkylation sites (N-methyl/N-ethyl adjacent to an activating group) is 1. The number of hydrogen-bond donors (Lipinski definition) is 1. The Morgan fingerprint density at radius 1 is 1.47 bits per heavy atom. The number of nitrogens with one attached hydrogen (secondary N) is 1. The number of morpholine rings is 1. The number of alkyl halides is 3. The van der Waals surface area contributed by atoms with Gasteiger partial charge in [0.15, 0.2) is 0 Å². The average Bonchev–Trinajstić information content (AvgIpc) is 2.86. The average molecular weight is 296 g/mol. The van der Waals surface area contributed by atoms with Crippen LogP contribution in [0.1, 0.15) is 11.9 Å². The molecule has 108 valence electrons. The fourth-order valence-corrected chi connectivity index (χ4v) is 2.64. The van der Waals surface area contributed by atoms with Crippen molar-refractivity contribution in [3.63, 3.8) is 0 Å². The van der Waals surface area contributed by atoms with Crippen molar-refractivity contribution in [2.45, 2.75) is 19.1 Å². The molecule has 2 heterocycles. The molecule has 5 nitrogen and oxygen atoms in total. The van der Waals surface area contributed by atoms with Crippen molar-refractivity contribution in [2.24, 2.45) is 0 Å². The van der Waals surface area contributed by atoms with Gasteiger partial charge in [0.05, 0.1) is 19.3 Å². The Morgan fingerprint density at radius 2 is 2.26 bits per heavy atom. The third-order valence-corrected chi connectivity index (χ3v) is 3.77. The van der Waals surface area contributed by atoms with E-state index in [1.165, 1.54) is 0 Å². The summed E-state index contributed by atoms with van der Waals surface area (Å²) < 4.78 is 42.9. The van der Waals surface area contributed by atoms with Gasteiger partial charge in [-0.05, 0) is 6.54 Å². The molecule has 2 rings (SSSR count). The molecule has 1 saturated heterocycles. The minimum absolute atomic E-state index is 0.0114. The van der Waals surface area contributed by atoms with E-state index in [9.17, 15) is 13.2 Å². The molecule has 1 atom stereocenters. The molecule has 1 fully saturated rings. The summed E-state index contributed by atoms with van der Waals surface area (Å²) in [7, 11) is 0. The summed E-state index contributed by atoms with van der Waals surface area (Å²) in [6.45, 7) is 4.92. The van der Waals surface area contributed by atoms with E-state index in [-0.39, 0.29) is 6.04 Å². The standard InChI is InChI=1S/C10H15F3N4OS/c1-2-14-5-7-6-18-4-3-17(7)9-16-15-8(19-9)10(11,12)13/h7,14H,2-6H2,1H3. The molecule has 0 spiro atoms. The highest BCUT2D eigenvalue weighted by atomic mass is 32.1. The van der Waals surface area contributed by atoms with Crippen LogP contribution in [0.15, 0.2) is 0 Å². The molecule has 1 aromatic rings. The Kier molecular flexibility index (Phi) is 4.58. The lowest BCUT2D eigenvalue weighted by Crippen LogP contribution is -2.50. The summed E-state index contributed by atoms with van der Waals surface area (Å²) in [6, 6.07) is -0.0114. The summed E-state index contributed by atoms with van der Waals surface area (Å²) in [6.07, 6.45) is -4.43. The van der Waals surface area contributed by atoms with E-state index in [4.69, 9.17) is 4.74 Å². The molecule has 0 aliphatic carbocycles. The molecule has 1 aliphatic rings. The van der Waals surface area contributed by atoms with Gasteiger partial charge in [-0.1, -0.05) is 18.3 Å². The molecule has 1 N–H and O–H groups in total. The molecule has 0 radical (unpaired) electrons. The Morgan fingerprint density at radius 3 is 2.89 bits per heavy atom. The minimum atomic E-state index is -4.43. The summed E-state index contributed by atoms with van der Waals surface area (Å²) in [4.78, 5) is 1.83. The van der Waals surface area contributed by atoms with Crippen LogP contribution < -0.4 is 10.2 Å². The second-order valence-electron chi connectivity index (χ2n) is 4.12. The van der Waals surface area contributed by atoms with Crippen molar-refractivity contribution in [3.05, 3.63) is 5.01 Å². The first-order valence-corrected chi connectivity index (χ1v) is 6.79. The number of anilines is 1. The zero-order valence-corrected chi connectivity index (χ0v) is 11.2. The van der Waals surface area contributed by atoms with Crippen LogP contribution in [0.4, 0.5) is 18.3 Å². The van der Waals surface area contributed by atoms with Gasteiger partial charge < -0.3 is 15.0 Å². The van der Waals surface area contributed by atoms with Crippen LogP contribution in [0.2, 0.25) is 0 Å². The normalized spacial score (nSPS) is 20.8. The molecule has 0 aromatic carbocycles. The monoisotopic (exact) mass is 296 g/mol. The van der Waals surface area contributed by atoms with E-state index in [1.54, 1.807) is 0 Å². The van der Waals surface area contributed by atoms with E-state index in [0.717, 1.165) is 6.54 Å². The molecule has 0 bridgehead atoms. The molecule has 0 amide bonds. The van der Waals surface area contributed by atoms with Crippen molar-refractivity contribution in [3.8, 4) is 0 Å². The maximum atomic E-state index is 12.5. The van der Waals surface area contributed by atoms with Gasteiger partial charge in [-0.2, -0.15) is 13.2 Å². The van der Waals surface area contributed by atoms with E-state index >= 15 is 0 Å². The molecule has 1 aliphatic heterocycles. The third-order valence-electron chi connectivity index (χ3n) is 2.76. The van der Waals surface area contributed by atoms with Gasteiger partial charge in [0.25, 0.3) is 0 Å². The van der Waals surface area contributed by atoms with E-state index < -0.39 is 11.2 Å². The Balaban J connectivity index is 2.11. The van der Waals surface area contributed by atoms with Crippen LogP contribution in [0.25, 0.3) is 0 Å². The number of rotatable bonds is 4. The predicted octanol–water partition coefficient (Wildman–Crippen LogP) is 1.37. The van der Waals surface area contributed by atoms with Crippen LogP contribution >= 0.6 is 11.3 Å². The second-order valence-corrected chi connectivity index (χ2v) is 5.07. The van der Waals surface area contributed by atoms with Gasteiger partial charge in [0.2, 0.25) is 10.1 Å². The van der Waals surface area contributed by atoms with Crippen LogP contribution in [-0.4, -0.2) is 49.1 Å². The summed E-state index contributed by atoms with van der Waals surface area (Å²) in [5.41, 5.74) is 0. The maximum absolute atomic E-state index is 12.5. The SMILES string of the molecule is CCNCC1COCCN1c1nnc(C(F)(F)F)s1. The van der Waals surface area contributed by atoms with Crippen molar-refractivity contribution in [1.82, 2.24) is 15.5 Å². The smallest absolute Gasteiger partial charge is 0.377 e. The fourth-order valence-electron chi connectivity index (χ4n) is 1.83. The topological polar surface area (TPSA) is 50.3 Å². The quantitative estimate of drug-likeness (QED) is 0.909. The number of aromatic nitrogens is 2. The van der Waals surface area contributed by atoms with Gasteiger partial charge in [0, 0.05) is 13.1 Å².